The summed E-state index contributed by atoms with van der Waals surface area (Å²) in [5.41, 5.74) is 5.69. The normalized spacial score (nSPS) is 29.7. The van der Waals surface area contributed by atoms with Crippen LogP contribution < -0.4 is 5.73 Å². The van der Waals surface area contributed by atoms with Crippen molar-refractivity contribution in [2.24, 2.45) is 5.73 Å². The van der Waals surface area contributed by atoms with Crippen LogP contribution in [0.3, 0.4) is 0 Å². The van der Waals surface area contributed by atoms with Crippen LogP contribution in [0.4, 0.5) is 0 Å². The topological polar surface area (TPSA) is 38.5 Å². The maximum absolute atomic E-state index is 5.45. The van der Waals surface area contributed by atoms with Gasteiger partial charge in [-0.2, -0.15) is 0 Å². The fourth-order valence-corrected chi connectivity index (χ4v) is 1.75. The molecule has 0 aliphatic carbocycles. The molecule has 2 aliphatic heterocycles. The Morgan fingerprint density at radius 1 is 1.50 bits per heavy atom. The van der Waals surface area contributed by atoms with Crippen molar-refractivity contribution in [3.8, 4) is 0 Å². The van der Waals surface area contributed by atoms with E-state index >= 15 is 0 Å². The molecular weight excluding hydrogens is 128 g/mol. The van der Waals surface area contributed by atoms with E-state index in [0.717, 1.165) is 32.8 Å². The lowest BCUT2D eigenvalue weighted by Gasteiger charge is -2.55. The van der Waals surface area contributed by atoms with Gasteiger partial charge in [0.2, 0.25) is 0 Å². The zero-order chi connectivity index (χ0) is 7.03. The van der Waals surface area contributed by atoms with Crippen molar-refractivity contribution in [3.05, 3.63) is 0 Å². The third-order valence-electron chi connectivity index (χ3n) is 2.43. The lowest BCUT2D eigenvalue weighted by Crippen LogP contribution is -2.68. The zero-order valence-corrected chi connectivity index (χ0v) is 6.18. The van der Waals surface area contributed by atoms with Crippen molar-refractivity contribution in [1.82, 2.24) is 4.90 Å². The van der Waals surface area contributed by atoms with Crippen LogP contribution in [0.15, 0.2) is 0 Å². The number of rotatable bonds is 2. The highest BCUT2D eigenvalue weighted by atomic mass is 16.5. The molecular formula is C7H14N2O. The molecule has 0 aromatic rings. The van der Waals surface area contributed by atoms with Gasteiger partial charge >= 0.3 is 0 Å². The second-order valence-corrected chi connectivity index (χ2v) is 3.28. The average Bonchev–Trinajstić information content (AvgIpc) is 1.72. The summed E-state index contributed by atoms with van der Waals surface area (Å²) in [6.45, 7) is 5.01. The van der Waals surface area contributed by atoms with E-state index in [-0.39, 0.29) is 5.60 Å². The molecule has 0 saturated carbocycles. The Morgan fingerprint density at radius 3 is 2.60 bits per heavy atom. The van der Waals surface area contributed by atoms with Crippen LogP contribution in [0.1, 0.15) is 6.42 Å². The summed E-state index contributed by atoms with van der Waals surface area (Å²) in [5, 5.41) is 0. The smallest absolute Gasteiger partial charge is 0.0956 e. The number of likely N-dealkylation sites (tertiary alicyclic amines) is 1. The molecule has 0 amide bonds. The minimum atomic E-state index is 0.287. The molecule has 2 N–H and O–H groups in total. The van der Waals surface area contributed by atoms with Gasteiger partial charge in [0.15, 0.2) is 0 Å². The van der Waals surface area contributed by atoms with Crippen molar-refractivity contribution in [2.75, 3.05) is 32.8 Å². The van der Waals surface area contributed by atoms with Gasteiger partial charge in [-0.05, 0) is 0 Å². The molecule has 58 valence electrons. The first-order chi connectivity index (χ1) is 4.85. The van der Waals surface area contributed by atoms with Crippen LogP contribution in [0.25, 0.3) is 0 Å². The number of hydrogen-bond acceptors (Lipinski definition) is 3. The Labute approximate surface area is 61.1 Å². The van der Waals surface area contributed by atoms with Crippen LogP contribution in [-0.4, -0.2) is 43.3 Å². The molecule has 0 unspecified atom stereocenters. The standard InChI is InChI=1S/C7H14N2O/c8-2-3-9-5-7(6-9)1-4-10-7/h1-6,8H2. The Kier molecular flexibility index (Phi) is 1.44. The molecule has 0 aromatic carbocycles. The lowest BCUT2D eigenvalue weighted by atomic mass is 9.86. The van der Waals surface area contributed by atoms with Crippen molar-refractivity contribution in [2.45, 2.75) is 12.0 Å². The molecule has 2 saturated heterocycles. The van der Waals surface area contributed by atoms with Crippen LogP contribution in [0.2, 0.25) is 0 Å². The molecule has 0 atom stereocenters. The van der Waals surface area contributed by atoms with Gasteiger partial charge in [0, 0.05) is 32.6 Å². The molecule has 0 bridgehead atoms. The molecule has 3 heteroatoms. The first kappa shape index (κ1) is 6.58. The minimum Gasteiger partial charge on any atom is -0.372 e. The number of nitrogens with two attached hydrogens (primary N) is 1. The third kappa shape index (κ3) is 0.856. The summed E-state index contributed by atoms with van der Waals surface area (Å²) in [6.07, 6.45) is 1.26. The highest BCUT2D eigenvalue weighted by molar-refractivity contribution is 5.01. The van der Waals surface area contributed by atoms with E-state index in [9.17, 15) is 0 Å². The van der Waals surface area contributed by atoms with Crippen molar-refractivity contribution < 1.29 is 4.74 Å². The summed E-state index contributed by atoms with van der Waals surface area (Å²) >= 11 is 0. The van der Waals surface area contributed by atoms with Gasteiger partial charge in [-0.25, -0.2) is 0 Å². The van der Waals surface area contributed by atoms with Crippen molar-refractivity contribution in [3.63, 3.8) is 0 Å². The van der Waals surface area contributed by atoms with E-state index in [4.69, 9.17) is 10.5 Å². The predicted octanol–water partition coefficient (Wildman–Crippen LogP) is -0.580. The van der Waals surface area contributed by atoms with Crippen molar-refractivity contribution >= 4 is 0 Å². The maximum Gasteiger partial charge on any atom is 0.0956 e. The van der Waals surface area contributed by atoms with Gasteiger partial charge in [-0.15, -0.1) is 0 Å². The van der Waals surface area contributed by atoms with E-state index in [1.54, 1.807) is 0 Å². The molecule has 2 aliphatic rings. The average molecular weight is 142 g/mol. The molecule has 2 heterocycles. The first-order valence-corrected chi connectivity index (χ1v) is 3.91. The molecule has 1 spiro atoms. The Hall–Kier alpha value is -0.120. The monoisotopic (exact) mass is 142 g/mol. The van der Waals surface area contributed by atoms with Crippen LogP contribution in [0.5, 0.6) is 0 Å². The SMILES string of the molecule is NCCN1CC2(CCO2)C1. The van der Waals surface area contributed by atoms with E-state index < -0.39 is 0 Å². The van der Waals surface area contributed by atoms with Crippen LogP contribution in [0, 0.1) is 0 Å². The molecule has 10 heavy (non-hydrogen) atoms. The molecule has 2 fully saturated rings. The van der Waals surface area contributed by atoms with Crippen LogP contribution >= 0.6 is 0 Å². The van der Waals surface area contributed by atoms with E-state index in [0.29, 0.717) is 0 Å². The number of nitrogens with zero attached hydrogens (tertiary/aromatic N) is 1. The third-order valence-corrected chi connectivity index (χ3v) is 2.43. The molecule has 0 aromatic heterocycles. The first-order valence-electron chi connectivity index (χ1n) is 3.91. The second kappa shape index (κ2) is 2.19. The summed E-state index contributed by atoms with van der Waals surface area (Å²) in [7, 11) is 0. The van der Waals surface area contributed by atoms with E-state index in [1.807, 2.05) is 0 Å². The number of ether oxygens (including phenoxy) is 1. The highest BCUT2D eigenvalue weighted by Crippen LogP contribution is 2.35. The van der Waals surface area contributed by atoms with E-state index in [2.05, 4.69) is 4.90 Å². The molecule has 0 radical (unpaired) electrons. The second-order valence-electron chi connectivity index (χ2n) is 3.28. The minimum absolute atomic E-state index is 0.287. The summed E-state index contributed by atoms with van der Waals surface area (Å²) in [6, 6.07) is 0. The molecule has 2 rings (SSSR count). The van der Waals surface area contributed by atoms with Gasteiger partial charge in [0.25, 0.3) is 0 Å². The Morgan fingerprint density at radius 2 is 2.20 bits per heavy atom. The predicted molar refractivity (Wildman–Crippen MR) is 38.8 cm³/mol. The van der Waals surface area contributed by atoms with Gasteiger partial charge < -0.3 is 10.5 Å². The maximum atomic E-state index is 5.45. The Bertz CT molecular complexity index is 126. The van der Waals surface area contributed by atoms with Crippen LogP contribution in [-0.2, 0) is 4.74 Å². The van der Waals surface area contributed by atoms with Gasteiger partial charge in [0.05, 0.1) is 12.2 Å². The number of hydrogen-bond donors (Lipinski definition) is 1. The summed E-state index contributed by atoms with van der Waals surface area (Å²) < 4.78 is 5.45. The largest absolute Gasteiger partial charge is 0.372 e. The van der Waals surface area contributed by atoms with Gasteiger partial charge in [0.1, 0.15) is 0 Å². The quantitative estimate of drug-likeness (QED) is 0.560. The van der Waals surface area contributed by atoms with E-state index in [1.165, 1.54) is 6.42 Å². The van der Waals surface area contributed by atoms with Crippen molar-refractivity contribution in [1.29, 1.82) is 0 Å². The highest BCUT2D eigenvalue weighted by Gasteiger charge is 2.48. The fourth-order valence-electron chi connectivity index (χ4n) is 1.75. The summed E-state index contributed by atoms with van der Waals surface area (Å²) in [4.78, 5) is 2.35. The van der Waals surface area contributed by atoms with Gasteiger partial charge in [-0.3, -0.25) is 4.90 Å². The van der Waals surface area contributed by atoms with Gasteiger partial charge in [-0.1, -0.05) is 0 Å². The zero-order valence-electron chi connectivity index (χ0n) is 6.18. The lowest BCUT2D eigenvalue weighted by molar-refractivity contribution is -0.220. The summed E-state index contributed by atoms with van der Waals surface area (Å²) in [5.74, 6) is 0. The fraction of sp³-hybridized carbons (Fsp3) is 1.00. The Balaban J connectivity index is 1.72. The molecule has 3 nitrogen and oxygen atoms in total.